The fourth-order valence-corrected chi connectivity index (χ4v) is 1.81. The molecule has 0 radical (unpaired) electrons. The average Bonchev–Trinajstić information content (AvgIpc) is 2.39. The molecule has 92 valence electrons. The van der Waals surface area contributed by atoms with Crippen LogP contribution in [0.1, 0.15) is 5.56 Å². The molecule has 0 heterocycles. The Morgan fingerprint density at radius 3 is 2.50 bits per heavy atom. The van der Waals surface area contributed by atoms with Crippen molar-refractivity contribution in [2.24, 2.45) is 0 Å². The molecule has 1 N–H and O–H groups in total. The predicted molar refractivity (Wildman–Crippen MR) is 78.1 cm³/mol. The summed E-state index contributed by atoms with van der Waals surface area (Å²) >= 11 is 3.38. The topological polar surface area (TPSA) is 12.0 Å². The molecule has 0 aliphatic heterocycles. The first kappa shape index (κ1) is 12.8. The van der Waals surface area contributed by atoms with Crippen molar-refractivity contribution in [3.05, 3.63) is 70.5 Å². The number of hydrogen-bond acceptors (Lipinski definition) is 1. The summed E-state index contributed by atoms with van der Waals surface area (Å²) in [5.74, 6) is -0.197. The maximum atomic E-state index is 13.3. The van der Waals surface area contributed by atoms with Crippen LogP contribution in [0.25, 0.3) is 6.08 Å². The second kappa shape index (κ2) is 6.36. The quantitative estimate of drug-likeness (QED) is 0.862. The fraction of sp³-hybridized carbons (Fsp3) is 0.0667. The number of anilines is 1. The third-order valence-electron chi connectivity index (χ3n) is 2.47. The molecule has 1 nitrogen and oxygen atoms in total. The van der Waals surface area contributed by atoms with Gasteiger partial charge in [0.2, 0.25) is 0 Å². The van der Waals surface area contributed by atoms with Crippen LogP contribution in [-0.4, -0.2) is 6.54 Å². The first-order valence-electron chi connectivity index (χ1n) is 5.66. The highest BCUT2D eigenvalue weighted by molar-refractivity contribution is 9.10. The number of nitrogens with one attached hydrogen (secondary N) is 1. The zero-order valence-electron chi connectivity index (χ0n) is 9.74. The van der Waals surface area contributed by atoms with Gasteiger partial charge in [0, 0.05) is 22.3 Å². The van der Waals surface area contributed by atoms with Crippen molar-refractivity contribution < 1.29 is 4.39 Å². The Kier molecular flexibility index (Phi) is 4.53. The molecule has 0 spiro atoms. The Hall–Kier alpha value is -1.61. The Labute approximate surface area is 114 Å². The largest absolute Gasteiger partial charge is 0.382 e. The number of halogens is 2. The minimum atomic E-state index is -0.197. The van der Waals surface area contributed by atoms with Crippen LogP contribution in [0.4, 0.5) is 10.1 Å². The first-order chi connectivity index (χ1) is 8.75. The van der Waals surface area contributed by atoms with Gasteiger partial charge in [-0.05, 0) is 30.3 Å². The zero-order valence-corrected chi connectivity index (χ0v) is 11.3. The van der Waals surface area contributed by atoms with Crippen LogP contribution in [0.3, 0.4) is 0 Å². The van der Waals surface area contributed by atoms with Crippen molar-refractivity contribution in [3.63, 3.8) is 0 Å². The monoisotopic (exact) mass is 305 g/mol. The molecule has 0 saturated carbocycles. The van der Waals surface area contributed by atoms with E-state index in [0.29, 0.717) is 12.1 Å². The lowest BCUT2D eigenvalue weighted by Crippen LogP contribution is -1.97. The fourth-order valence-electron chi connectivity index (χ4n) is 1.54. The summed E-state index contributed by atoms with van der Waals surface area (Å²) in [6.07, 6.45) is 3.68. The molecule has 0 bridgehead atoms. The minimum absolute atomic E-state index is 0.197. The third kappa shape index (κ3) is 3.70. The van der Waals surface area contributed by atoms with Gasteiger partial charge >= 0.3 is 0 Å². The smallest absolute Gasteiger partial charge is 0.130 e. The van der Waals surface area contributed by atoms with E-state index in [9.17, 15) is 4.39 Å². The molecular weight excluding hydrogens is 293 g/mol. The minimum Gasteiger partial charge on any atom is -0.382 e. The highest BCUT2D eigenvalue weighted by Gasteiger charge is 1.94. The Morgan fingerprint density at radius 2 is 1.78 bits per heavy atom. The lowest BCUT2D eigenvalue weighted by Gasteiger charge is -2.02. The van der Waals surface area contributed by atoms with E-state index in [1.165, 1.54) is 6.07 Å². The summed E-state index contributed by atoms with van der Waals surface area (Å²) in [6.45, 7) is 0.663. The summed E-state index contributed by atoms with van der Waals surface area (Å²) in [6, 6.07) is 14.7. The maximum Gasteiger partial charge on any atom is 0.130 e. The normalized spacial score (nSPS) is 10.8. The molecule has 0 aliphatic rings. The van der Waals surface area contributed by atoms with Gasteiger partial charge in [-0.15, -0.1) is 0 Å². The van der Waals surface area contributed by atoms with Crippen molar-refractivity contribution in [1.29, 1.82) is 0 Å². The third-order valence-corrected chi connectivity index (χ3v) is 3.00. The summed E-state index contributed by atoms with van der Waals surface area (Å²) in [7, 11) is 0. The van der Waals surface area contributed by atoms with Gasteiger partial charge in [0.25, 0.3) is 0 Å². The maximum absolute atomic E-state index is 13.3. The summed E-state index contributed by atoms with van der Waals surface area (Å²) in [5, 5.41) is 3.23. The van der Waals surface area contributed by atoms with E-state index in [4.69, 9.17) is 0 Å². The molecule has 3 heteroatoms. The van der Waals surface area contributed by atoms with Gasteiger partial charge < -0.3 is 5.32 Å². The van der Waals surface area contributed by atoms with Crippen LogP contribution in [0.15, 0.2) is 59.1 Å². The molecule has 0 amide bonds. The van der Waals surface area contributed by atoms with Gasteiger partial charge in [-0.2, -0.15) is 0 Å². The summed E-state index contributed by atoms with van der Waals surface area (Å²) in [4.78, 5) is 0. The van der Waals surface area contributed by atoms with E-state index in [0.717, 1.165) is 10.2 Å². The second-order valence-corrected chi connectivity index (χ2v) is 4.73. The van der Waals surface area contributed by atoms with Crippen molar-refractivity contribution in [2.45, 2.75) is 0 Å². The molecule has 0 saturated heterocycles. The summed E-state index contributed by atoms with van der Waals surface area (Å²) < 4.78 is 14.4. The van der Waals surface area contributed by atoms with Gasteiger partial charge in [0.1, 0.15) is 5.82 Å². The van der Waals surface area contributed by atoms with Crippen LogP contribution in [0, 0.1) is 5.82 Å². The first-order valence-corrected chi connectivity index (χ1v) is 6.45. The van der Waals surface area contributed by atoms with E-state index in [2.05, 4.69) is 21.2 Å². The van der Waals surface area contributed by atoms with E-state index >= 15 is 0 Å². The highest BCUT2D eigenvalue weighted by atomic mass is 79.9. The van der Waals surface area contributed by atoms with Crippen LogP contribution < -0.4 is 5.32 Å². The van der Waals surface area contributed by atoms with E-state index in [-0.39, 0.29) is 5.82 Å². The molecule has 2 aromatic carbocycles. The Morgan fingerprint density at radius 1 is 1.06 bits per heavy atom. The van der Waals surface area contributed by atoms with Crippen molar-refractivity contribution >= 4 is 27.7 Å². The van der Waals surface area contributed by atoms with Crippen molar-refractivity contribution in [3.8, 4) is 0 Å². The molecule has 0 unspecified atom stereocenters. The molecule has 0 aromatic heterocycles. The van der Waals surface area contributed by atoms with E-state index in [1.807, 2.05) is 36.4 Å². The molecular formula is C15H13BrFN. The van der Waals surface area contributed by atoms with Crippen LogP contribution in [-0.2, 0) is 0 Å². The van der Waals surface area contributed by atoms with Crippen LogP contribution >= 0.6 is 15.9 Å². The van der Waals surface area contributed by atoms with Gasteiger partial charge in [-0.3, -0.25) is 0 Å². The number of rotatable bonds is 4. The highest BCUT2D eigenvalue weighted by Crippen LogP contribution is 2.14. The van der Waals surface area contributed by atoms with Gasteiger partial charge in [-0.1, -0.05) is 46.3 Å². The zero-order chi connectivity index (χ0) is 12.8. The lowest BCUT2D eigenvalue weighted by atomic mass is 10.2. The van der Waals surface area contributed by atoms with Crippen LogP contribution in [0.5, 0.6) is 0 Å². The second-order valence-electron chi connectivity index (χ2n) is 3.81. The molecule has 0 atom stereocenters. The molecule has 0 fully saturated rings. The number of hydrogen-bond donors (Lipinski definition) is 1. The van der Waals surface area contributed by atoms with Gasteiger partial charge in [-0.25, -0.2) is 4.39 Å². The lowest BCUT2D eigenvalue weighted by molar-refractivity contribution is 0.625. The van der Waals surface area contributed by atoms with Crippen molar-refractivity contribution in [1.82, 2.24) is 0 Å². The Balaban J connectivity index is 1.89. The predicted octanol–water partition coefficient (Wildman–Crippen LogP) is 4.71. The number of benzene rings is 2. The van der Waals surface area contributed by atoms with Crippen LogP contribution in [0.2, 0.25) is 0 Å². The molecule has 0 aliphatic carbocycles. The SMILES string of the molecule is Fc1ccccc1/C=C/CNc1ccc(Br)cc1. The van der Waals surface area contributed by atoms with E-state index < -0.39 is 0 Å². The molecule has 2 aromatic rings. The van der Waals surface area contributed by atoms with Crippen molar-refractivity contribution in [2.75, 3.05) is 11.9 Å². The molecule has 18 heavy (non-hydrogen) atoms. The summed E-state index contributed by atoms with van der Waals surface area (Å²) in [5.41, 5.74) is 1.64. The molecule has 2 rings (SSSR count). The Bertz CT molecular complexity index is 534. The van der Waals surface area contributed by atoms with E-state index in [1.54, 1.807) is 18.2 Å². The average molecular weight is 306 g/mol. The standard InChI is InChI=1S/C15H13BrFN/c16-13-7-9-14(10-8-13)18-11-3-5-12-4-1-2-6-15(12)17/h1-10,18H,11H2/b5-3+. The van der Waals surface area contributed by atoms with Gasteiger partial charge in [0.05, 0.1) is 0 Å². The van der Waals surface area contributed by atoms with Gasteiger partial charge in [0.15, 0.2) is 0 Å².